The fourth-order valence-corrected chi connectivity index (χ4v) is 3.15. The van der Waals surface area contributed by atoms with Crippen LogP contribution in [0.1, 0.15) is 16.6 Å². The number of aromatic nitrogens is 3. The lowest BCUT2D eigenvalue weighted by Gasteiger charge is -2.13. The van der Waals surface area contributed by atoms with Crippen LogP contribution < -0.4 is 11.3 Å². The van der Waals surface area contributed by atoms with Crippen LogP contribution in [0.5, 0.6) is 0 Å². The monoisotopic (exact) mass is 259 g/mol. The van der Waals surface area contributed by atoms with Gasteiger partial charge in [-0.3, -0.25) is 10.5 Å². The maximum Gasteiger partial charge on any atom is 0.0986 e. The van der Waals surface area contributed by atoms with E-state index in [2.05, 4.69) is 33.9 Å². The molecule has 3 N–H and O–H groups in total. The molecule has 1 atom stereocenters. The van der Waals surface area contributed by atoms with E-state index in [1.807, 2.05) is 19.2 Å². The highest BCUT2D eigenvalue weighted by Crippen LogP contribution is 2.32. The van der Waals surface area contributed by atoms with E-state index < -0.39 is 0 Å². The molecule has 2 heterocycles. The molecule has 3 aromatic rings. The summed E-state index contributed by atoms with van der Waals surface area (Å²) in [6, 6.07) is 10.4. The number of nitrogens with two attached hydrogens (primary N) is 1. The van der Waals surface area contributed by atoms with Crippen LogP contribution in [0.15, 0.2) is 36.5 Å². The number of aryl methyl sites for hydroxylation is 1. The molecule has 0 radical (unpaired) electrons. The molecular weight excluding hydrogens is 246 g/mol. The van der Waals surface area contributed by atoms with Crippen molar-refractivity contribution in [2.75, 3.05) is 0 Å². The van der Waals surface area contributed by atoms with Crippen LogP contribution in [-0.4, -0.2) is 15.0 Å². The minimum absolute atomic E-state index is 0.0811. The molecule has 92 valence electrons. The van der Waals surface area contributed by atoms with Crippen molar-refractivity contribution in [3.8, 4) is 0 Å². The van der Waals surface area contributed by atoms with Gasteiger partial charge in [-0.2, -0.15) is 0 Å². The first-order chi connectivity index (χ1) is 8.79. The average molecular weight is 259 g/mol. The number of hydrazine groups is 1. The number of hydrogen-bond donors (Lipinski definition) is 2. The van der Waals surface area contributed by atoms with Crippen molar-refractivity contribution < 1.29 is 0 Å². The largest absolute Gasteiger partial charge is 0.270 e. The normalized spacial score (nSPS) is 13.0. The van der Waals surface area contributed by atoms with Crippen molar-refractivity contribution in [1.29, 1.82) is 0 Å². The lowest BCUT2D eigenvalue weighted by Crippen LogP contribution is -2.29. The molecule has 0 aliphatic rings. The molecule has 0 saturated heterocycles. The molecule has 0 fully saturated rings. The number of rotatable bonds is 3. The van der Waals surface area contributed by atoms with Gasteiger partial charge in [0.2, 0.25) is 0 Å². The minimum Gasteiger partial charge on any atom is -0.270 e. The Labute approximate surface area is 108 Å². The second kappa shape index (κ2) is 4.49. The van der Waals surface area contributed by atoms with Crippen LogP contribution in [-0.2, 0) is 7.05 Å². The lowest BCUT2D eigenvalue weighted by molar-refractivity contribution is 0.577. The zero-order valence-electron chi connectivity index (χ0n) is 9.87. The van der Waals surface area contributed by atoms with Crippen LogP contribution in [0, 0.1) is 0 Å². The van der Waals surface area contributed by atoms with E-state index in [9.17, 15) is 0 Å². The molecule has 18 heavy (non-hydrogen) atoms. The first kappa shape index (κ1) is 11.3. The molecule has 1 unspecified atom stereocenters. The van der Waals surface area contributed by atoms with Crippen LogP contribution in [0.2, 0.25) is 0 Å². The SMILES string of the molecule is Cn1nncc1C(NN)c1cc2ccccc2s1. The van der Waals surface area contributed by atoms with E-state index in [0.29, 0.717) is 0 Å². The minimum atomic E-state index is -0.0811. The van der Waals surface area contributed by atoms with Gasteiger partial charge in [0.25, 0.3) is 0 Å². The molecule has 2 aromatic heterocycles. The molecule has 0 bridgehead atoms. The number of fused-ring (bicyclic) bond motifs is 1. The van der Waals surface area contributed by atoms with Crippen molar-refractivity contribution >= 4 is 21.4 Å². The third-order valence-corrected chi connectivity index (χ3v) is 4.12. The second-order valence-corrected chi connectivity index (χ2v) is 5.18. The molecule has 6 heteroatoms. The first-order valence-electron chi connectivity index (χ1n) is 5.59. The molecule has 0 aliphatic heterocycles. The highest BCUT2D eigenvalue weighted by Gasteiger charge is 2.18. The average Bonchev–Trinajstić information content (AvgIpc) is 2.97. The molecule has 3 rings (SSSR count). The van der Waals surface area contributed by atoms with Gasteiger partial charge in [-0.1, -0.05) is 23.4 Å². The number of thiophene rings is 1. The Bertz CT molecular complexity index is 639. The zero-order chi connectivity index (χ0) is 12.5. The van der Waals surface area contributed by atoms with Gasteiger partial charge in [-0.05, 0) is 17.5 Å². The van der Waals surface area contributed by atoms with Gasteiger partial charge in [-0.15, -0.1) is 16.4 Å². The summed E-state index contributed by atoms with van der Waals surface area (Å²) in [4.78, 5) is 1.16. The number of hydrogen-bond acceptors (Lipinski definition) is 5. The highest BCUT2D eigenvalue weighted by molar-refractivity contribution is 7.19. The van der Waals surface area contributed by atoms with Gasteiger partial charge in [0.05, 0.1) is 17.9 Å². The van der Waals surface area contributed by atoms with Crippen molar-refractivity contribution in [3.63, 3.8) is 0 Å². The number of benzene rings is 1. The van der Waals surface area contributed by atoms with Gasteiger partial charge in [0.1, 0.15) is 0 Å². The van der Waals surface area contributed by atoms with Gasteiger partial charge in [0.15, 0.2) is 0 Å². The van der Waals surface area contributed by atoms with E-state index in [-0.39, 0.29) is 6.04 Å². The van der Waals surface area contributed by atoms with Crippen LogP contribution in [0.3, 0.4) is 0 Å². The Morgan fingerprint density at radius 2 is 2.22 bits per heavy atom. The van der Waals surface area contributed by atoms with Crippen LogP contribution >= 0.6 is 11.3 Å². The Balaban J connectivity index is 2.09. The fourth-order valence-electron chi connectivity index (χ4n) is 2.02. The maximum absolute atomic E-state index is 5.67. The van der Waals surface area contributed by atoms with Gasteiger partial charge in [0, 0.05) is 16.6 Å². The second-order valence-electron chi connectivity index (χ2n) is 4.07. The molecule has 0 saturated carbocycles. The maximum atomic E-state index is 5.67. The van der Waals surface area contributed by atoms with Crippen LogP contribution in [0.4, 0.5) is 0 Å². The van der Waals surface area contributed by atoms with E-state index >= 15 is 0 Å². The molecule has 0 spiro atoms. The standard InChI is InChI=1S/C12H13N5S/c1-17-9(7-14-16-17)12(15-13)11-6-8-4-2-3-5-10(8)18-11/h2-7,12,15H,13H2,1H3. The lowest BCUT2D eigenvalue weighted by atomic mass is 10.1. The summed E-state index contributed by atoms with van der Waals surface area (Å²) in [6.45, 7) is 0. The van der Waals surface area contributed by atoms with Crippen LogP contribution in [0.25, 0.3) is 10.1 Å². The first-order valence-corrected chi connectivity index (χ1v) is 6.40. The fraction of sp³-hybridized carbons (Fsp3) is 0.167. The van der Waals surface area contributed by atoms with Crippen molar-refractivity contribution in [3.05, 3.63) is 47.1 Å². The van der Waals surface area contributed by atoms with Crippen molar-refractivity contribution in [1.82, 2.24) is 20.4 Å². The predicted molar refractivity (Wildman–Crippen MR) is 72.0 cm³/mol. The predicted octanol–water partition coefficient (Wildman–Crippen LogP) is 1.58. The molecule has 0 aliphatic carbocycles. The van der Waals surface area contributed by atoms with Gasteiger partial charge < -0.3 is 0 Å². The Morgan fingerprint density at radius 3 is 2.89 bits per heavy atom. The Morgan fingerprint density at radius 1 is 1.39 bits per heavy atom. The summed E-state index contributed by atoms with van der Waals surface area (Å²) in [5, 5.41) is 9.06. The summed E-state index contributed by atoms with van der Waals surface area (Å²) >= 11 is 1.73. The van der Waals surface area contributed by atoms with Gasteiger partial charge >= 0.3 is 0 Å². The smallest absolute Gasteiger partial charge is 0.0986 e. The summed E-state index contributed by atoms with van der Waals surface area (Å²) in [7, 11) is 1.86. The molecule has 5 nitrogen and oxygen atoms in total. The Kier molecular flexibility index (Phi) is 2.83. The van der Waals surface area contributed by atoms with E-state index in [1.165, 1.54) is 10.1 Å². The topological polar surface area (TPSA) is 68.8 Å². The summed E-state index contributed by atoms with van der Waals surface area (Å²) < 4.78 is 2.98. The quantitative estimate of drug-likeness (QED) is 0.553. The molecule has 0 amide bonds. The summed E-state index contributed by atoms with van der Waals surface area (Å²) in [5.41, 5.74) is 3.78. The molecular formula is C12H13N5S. The van der Waals surface area contributed by atoms with E-state index in [1.54, 1.807) is 22.2 Å². The summed E-state index contributed by atoms with van der Waals surface area (Å²) in [6.07, 6.45) is 1.73. The number of nitrogens with zero attached hydrogens (tertiary/aromatic N) is 3. The number of nitrogens with one attached hydrogen (secondary N) is 1. The van der Waals surface area contributed by atoms with Crippen molar-refractivity contribution in [2.24, 2.45) is 12.9 Å². The van der Waals surface area contributed by atoms with Gasteiger partial charge in [-0.25, -0.2) is 5.43 Å². The molecule has 1 aromatic carbocycles. The van der Waals surface area contributed by atoms with Crippen molar-refractivity contribution in [2.45, 2.75) is 6.04 Å². The highest BCUT2D eigenvalue weighted by atomic mass is 32.1. The Hall–Kier alpha value is -1.76. The third-order valence-electron chi connectivity index (χ3n) is 2.94. The van der Waals surface area contributed by atoms with E-state index in [4.69, 9.17) is 5.84 Å². The zero-order valence-corrected chi connectivity index (χ0v) is 10.7. The summed E-state index contributed by atoms with van der Waals surface area (Å²) in [5.74, 6) is 5.67. The van der Waals surface area contributed by atoms with E-state index in [0.717, 1.165) is 10.6 Å². The third kappa shape index (κ3) is 1.80.